The Bertz CT molecular complexity index is 4310. The maximum absolute atomic E-state index is 6.68. The Morgan fingerprint density at radius 3 is 1.49 bits per heavy atom. The zero-order chi connectivity index (χ0) is 45.2. The zero-order valence-corrected chi connectivity index (χ0v) is 37.0. The Hall–Kier alpha value is -9.32. The minimum Gasteiger partial charge on any atom is -0.455 e. The second kappa shape index (κ2) is 14.6. The molecule has 0 amide bonds. The van der Waals surface area contributed by atoms with E-state index >= 15 is 0 Å². The number of fused-ring (bicyclic) bond motifs is 14. The van der Waals surface area contributed by atoms with Crippen LogP contribution in [0.15, 0.2) is 233 Å². The first kappa shape index (κ1) is 37.9. The third kappa shape index (κ3) is 5.71. The van der Waals surface area contributed by atoms with E-state index in [2.05, 4.69) is 187 Å². The molecule has 5 nitrogen and oxygen atoms in total. The number of para-hydroxylation sites is 6. The van der Waals surface area contributed by atoms with Crippen LogP contribution >= 0.6 is 0 Å². The Morgan fingerprint density at radius 1 is 0.304 bits per heavy atom. The molecule has 0 unspecified atom stereocenters. The summed E-state index contributed by atoms with van der Waals surface area (Å²) in [6.07, 6.45) is 0. The Labute approximate surface area is 395 Å². The quantitative estimate of drug-likeness (QED) is 0.173. The van der Waals surface area contributed by atoms with Crippen LogP contribution in [0.1, 0.15) is 0 Å². The highest BCUT2D eigenvalue weighted by molar-refractivity contribution is 6.17. The molecular formula is C64H37N3O2. The Kier molecular flexibility index (Phi) is 8.00. The molecule has 0 fully saturated rings. The number of rotatable bonds is 5. The van der Waals surface area contributed by atoms with Gasteiger partial charge in [0, 0.05) is 71.3 Å². The lowest BCUT2D eigenvalue weighted by Gasteiger charge is -2.14. The van der Waals surface area contributed by atoms with Crippen molar-refractivity contribution in [1.82, 2.24) is 14.5 Å². The zero-order valence-electron chi connectivity index (χ0n) is 37.0. The number of hydrogen-bond acceptors (Lipinski definition) is 4. The maximum Gasteiger partial charge on any atom is 0.160 e. The summed E-state index contributed by atoms with van der Waals surface area (Å²) >= 11 is 0. The van der Waals surface area contributed by atoms with E-state index in [9.17, 15) is 0 Å². The SMILES string of the molecule is c1ccc(-c2nc(-c3cc(-c4cccc5c4oc4ccccc45)cc(-c4cccc5c4oc4ccccc45)c3)cc(-c3ccc4c5cccc6c5n(c4c3)-c3ccccc3-c3ccccc3-6)n2)cc1. The molecule has 10 aromatic carbocycles. The van der Waals surface area contributed by atoms with Crippen LogP contribution in [0.2, 0.25) is 0 Å². The van der Waals surface area contributed by atoms with Gasteiger partial charge in [0.1, 0.15) is 22.3 Å². The van der Waals surface area contributed by atoms with Gasteiger partial charge in [-0.2, -0.15) is 0 Å². The number of hydrogen-bond donors (Lipinski definition) is 0. The van der Waals surface area contributed by atoms with E-state index < -0.39 is 0 Å². The van der Waals surface area contributed by atoms with Crippen LogP contribution < -0.4 is 0 Å². The molecule has 0 aliphatic carbocycles. The van der Waals surface area contributed by atoms with Crippen molar-refractivity contribution >= 4 is 65.7 Å². The Balaban J connectivity index is 0.986. The highest BCUT2D eigenvalue weighted by atomic mass is 16.3. The van der Waals surface area contributed by atoms with Crippen LogP contribution in [0.4, 0.5) is 0 Å². The minimum atomic E-state index is 0.649. The molecule has 5 heterocycles. The van der Waals surface area contributed by atoms with Gasteiger partial charge in [-0.25, -0.2) is 9.97 Å². The van der Waals surface area contributed by atoms with Crippen molar-refractivity contribution in [3.63, 3.8) is 0 Å². The summed E-state index contributed by atoms with van der Waals surface area (Å²) in [6, 6.07) is 79.7. The standard InChI is InChI=1S/C64H37N3O2/c1-2-15-38(16-3-1)64-65-55(39-31-32-48-52-25-14-24-51-46-18-5-4-17-45(46)47-19-6-9-28-57(47)67(61(51)52)58(48)36-39)37-56(66-64)42-34-40(43-22-12-26-53-49-20-7-10-29-59(49)68-62(43)53)33-41(35-42)44-23-13-27-54-50-21-8-11-30-60(50)69-63(44)54/h1-37H. The van der Waals surface area contributed by atoms with Crippen LogP contribution in [0, 0.1) is 0 Å². The van der Waals surface area contributed by atoms with Crippen LogP contribution in [-0.2, 0) is 0 Å². The number of furan rings is 2. The van der Waals surface area contributed by atoms with Crippen molar-refractivity contribution in [1.29, 1.82) is 0 Å². The summed E-state index contributed by atoms with van der Waals surface area (Å²) in [4.78, 5) is 10.8. The Morgan fingerprint density at radius 2 is 0.812 bits per heavy atom. The molecule has 0 bridgehead atoms. The van der Waals surface area contributed by atoms with Crippen molar-refractivity contribution in [3.05, 3.63) is 224 Å². The monoisotopic (exact) mass is 879 g/mol. The summed E-state index contributed by atoms with van der Waals surface area (Å²) in [5.74, 6) is 0.649. The van der Waals surface area contributed by atoms with Gasteiger partial charge in [0.05, 0.1) is 28.1 Å². The number of aromatic nitrogens is 3. The van der Waals surface area contributed by atoms with Crippen molar-refractivity contribution in [2.75, 3.05) is 0 Å². The van der Waals surface area contributed by atoms with Crippen molar-refractivity contribution in [3.8, 4) is 84.1 Å². The molecule has 320 valence electrons. The third-order valence-electron chi connectivity index (χ3n) is 14.2. The first-order chi connectivity index (χ1) is 34.2. The van der Waals surface area contributed by atoms with E-state index in [1.165, 1.54) is 38.5 Å². The number of benzene rings is 10. The minimum absolute atomic E-state index is 0.649. The molecule has 15 rings (SSSR count). The van der Waals surface area contributed by atoms with Gasteiger partial charge < -0.3 is 13.4 Å². The van der Waals surface area contributed by atoms with Gasteiger partial charge in [0.15, 0.2) is 5.82 Å². The molecular weight excluding hydrogens is 843 g/mol. The lowest BCUT2D eigenvalue weighted by molar-refractivity contribution is 0.670. The molecule has 1 aliphatic heterocycles. The van der Waals surface area contributed by atoms with E-state index in [4.69, 9.17) is 18.8 Å². The highest BCUT2D eigenvalue weighted by Gasteiger charge is 2.25. The van der Waals surface area contributed by atoms with Gasteiger partial charge in [-0.3, -0.25) is 0 Å². The first-order valence-electron chi connectivity index (χ1n) is 23.4. The molecule has 0 N–H and O–H groups in total. The average Bonchev–Trinajstić information content (AvgIpc) is 4.08. The van der Waals surface area contributed by atoms with Crippen molar-refractivity contribution in [2.45, 2.75) is 0 Å². The van der Waals surface area contributed by atoms with E-state index in [1.54, 1.807) is 0 Å². The van der Waals surface area contributed by atoms with E-state index in [0.717, 1.165) is 105 Å². The summed E-state index contributed by atoms with van der Waals surface area (Å²) in [5, 5.41) is 6.75. The summed E-state index contributed by atoms with van der Waals surface area (Å²) in [5.41, 5.74) is 20.3. The fourth-order valence-electron chi connectivity index (χ4n) is 11.0. The highest BCUT2D eigenvalue weighted by Crippen LogP contribution is 2.48. The van der Waals surface area contributed by atoms with Gasteiger partial charge in [0.25, 0.3) is 0 Å². The predicted molar refractivity (Wildman–Crippen MR) is 283 cm³/mol. The molecule has 14 aromatic rings. The fraction of sp³-hybridized carbons (Fsp3) is 0. The van der Waals surface area contributed by atoms with E-state index in [-0.39, 0.29) is 0 Å². The smallest absolute Gasteiger partial charge is 0.160 e. The largest absolute Gasteiger partial charge is 0.455 e. The van der Waals surface area contributed by atoms with Crippen LogP contribution in [-0.4, -0.2) is 14.5 Å². The molecule has 0 saturated carbocycles. The first-order valence-corrected chi connectivity index (χ1v) is 23.4. The second-order valence-corrected chi connectivity index (χ2v) is 18.0. The van der Waals surface area contributed by atoms with Gasteiger partial charge in [-0.15, -0.1) is 0 Å². The lowest BCUT2D eigenvalue weighted by atomic mass is 9.93. The molecule has 5 heteroatoms. The maximum atomic E-state index is 6.68. The molecule has 0 radical (unpaired) electrons. The molecule has 0 spiro atoms. The molecule has 1 aliphatic rings. The van der Waals surface area contributed by atoms with Crippen LogP contribution in [0.3, 0.4) is 0 Å². The molecule has 4 aromatic heterocycles. The third-order valence-corrected chi connectivity index (χ3v) is 14.2. The summed E-state index contributed by atoms with van der Waals surface area (Å²) < 4.78 is 15.8. The second-order valence-electron chi connectivity index (χ2n) is 18.0. The van der Waals surface area contributed by atoms with Crippen molar-refractivity contribution < 1.29 is 8.83 Å². The van der Waals surface area contributed by atoms with Gasteiger partial charge in [-0.05, 0) is 70.8 Å². The summed E-state index contributed by atoms with van der Waals surface area (Å²) in [6.45, 7) is 0. The normalized spacial score (nSPS) is 12.1. The molecule has 0 saturated heterocycles. The molecule has 0 atom stereocenters. The van der Waals surface area contributed by atoms with Gasteiger partial charge >= 0.3 is 0 Å². The van der Waals surface area contributed by atoms with E-state index in [1.807, 2.05) is 42.5 Å². The van der Waals surface area contributed by atoms with Gasteiger partial charge in [-0.1, -0.05) is 176 Å². The topological polar surface area (TPSA) is 57.0 Å². The van der Waals surface area contributed by atoms with Gasteiger partial charge in [0.2, 0.25) is 0 Å². The molecule has 69 heavy (non-hydrogen) atoms. The fourth-order valence-corrected chi connectivity index (χ4v) is 11.0. The van der Waals surface area contributed by atoms with Crippen LogP contribution in [0.5, 0.6) is 0 Å². The van der Waals surface area contributed by atoms with Crippen LogP contribution in [0.25, 0.3) is 150 Å². The van der Waals surface area contributed by atoms with E-state index in [0.29, 0.717) is 5.82 Å². The number of nitrogens with zero attached hydrogens (tertiary/aromatic N) is 3. The lowest BCUT2D eigenvalue weighted by Crippen LogP contribution is -1.98. The summed E-state index contributed by atoms with van der Waals surface area (Å²) in [7, 11) is 0. The average molecular weight is 880 g/mol. The van der Waals surface area contributed by atoms with Crippen molar-refractivity contribution in [2.24, 2.45) is 0 Å². The predicted octanol–water partition coefficient (Wildman–Crippen LogP) is 17.4.